The van der Waals surface area contributed by atoms with Gasteiger partial charge in [-0.25, -0.2) is 0 Å². The van der Waals surface area contributed by atoms with Crippen molar-refractivity contribution < 1.29 is 4.74 Å². The van der Waals surface area contributed by atoms with Crippen LogP contribution in [0.15, 0.2) is 29.6 Å². The first-order valence-corrected chi connectivity index (χ1v) is 6.83. The van der Waals surface area contributed by atoms with Crippen LogP contribution in [-0.2, 0) is 13.2 Å². The van der Waals surface area contributed by atoms with Gasteiger partial charge in [-0.05, 0) is 17.5 Å². The minimum Gasteiger partial charge on any atom is -0.471 e. The van der Waals surface area contributed by atoms with Crippen molar-refractivity contribution in [1.82, 2.24) is 15.5 Å². The van der Waals surface area contributed by atoms with Crippen molar-refractivity contribution in [2.24, 2.45) is 0 Å². The van der Waals surface area contributed by atoms with Gasteiger partial charge in [0.05, 0.1) is 5.69 Å². The molecule has 5 heteroatoms. The average Bonchev–Trinajstić information content (AvgIpc) is 2.88. The summed E-state index contributed by atoms with van der Waals surface area (Å²) in [4.78, 5) is 1.18. The van der Waals surface area contributed by atoms with E-state index < -0.39 is 0 Å². The molecule has 0 amide bonds. The van der Waals surface area contributed by atoms with Crippen molar-refractivity contribution in [3.8, 4) is 5.88 Å². The quantitative estimate of drug-likeness (QED) is 0.870. The first-order valence-electron chi connectivity index (χ1n) is 5.95. The molecule has 2 aromatic heterocycles. The maximum atomic E-state index is 5.55. The normalized spacial score (nSPS) is 10.8. The number of hydrogen-bond acceptors (Lipinski definition) is 5. The van der Waals surface area contributed by atoms with Crippen molar-refractivity contribution in [1.29, 1.82) is 0 Å². The van der Waals surface area contributed by atoms with Crippen molar-refractivity contribution in [2.45, 2.75) is 33.0 Å². The summed E-state index contributed by atoms with van der Waals surface area (Å²) >= 11 is 1.67. The third kappa shape index (κ3) is 4.09. The molecule has 0 spiro atoms. The van der Waals surface area contributed by atoms with Gasteiger partial charge in [0, 0.05) is 23.5 Å². The van der Waals surface area contributed by atoms with E-state index in [4.69, 9.17) is 4.74 Å². The fourth-order valence-corrected chi connectivity index (χ4v) is 1.98. The lowest BCUT2D eigenvalue weighted by molar-refractivity contribution is 0.293. The molecule has 0 saturated heterocycles. The topological polar surface area (TPSA) is 47.0 Å². The first kappa shape index (κ1) is 13.0. The number of hydrogen-bond donors (Lipinski definition) is 1. The van der Waals surface area contributed by atoms with Crippen LogP contribution >= 0.6 is 11.3 Å². The van der Waals surface area contributed by atoms with Crippen LogP contribution in [0.4, 0.5) is 0 Å². The summed E-state index contributed by atoms with van der Waals surface area (Å²) in [6.45, 7) is 5.49. The Morgan fingerprint density at radius 2 is 2.17 bits per heavy atom. The molecular weight excluding hydrogens is 246 g/mol. The predicted molar refractivity (Wildman–Crippen MR) is 72.7 cm³/mol. The van der Waals surface area contributed by atoms with Gasteiger partial charge in [0.1, 0.15) is 6.61 Å². The highest BCUT2D eigenvalue weighted by atomic mass is 32.1. The molecule has 0 atom stereocenters. The molecule has 0 radical (unpaired) electrons. The maximum Gasteiger partial charge on any atom is 0.233 e. The summed E-state index contributed by atoms with van der Waals surface area (Å²) in [7, 11) is 0. The molecule has 0 saturated carbocycles. The predicted octanol–water partition coefficient (Wildman–Crippen LogP) is 2.62. The SMILES string of the molecule is CC(C)NCc1ccc(OCc2cccs2)nn1. The van der Waals surface area contributed by atoms with Crippen LogP contribution in [0, 0.1) is 0 Å². The van der Waals surface area contributed by atoms with Crippen molar-refractivity contribution in [3.63, 3.8) is 0 Å². The molecule has 2 aromatic rings. The molecule has 0 aliphatic rings. The highest BCUT2D eigenvalue weighted by molar-refractivity contribution is 7.09. The lowest BCUT2D eigenvalue weighted by Crippen LogP contribution is -2.22. The summed E-state index contributed by atoms with van der Waals surface area (Å²) < 4.78 is 5.55. The van der Waals surface area contributed by atoms with Crippen LogP contribution in [0.3, 0.4) is 0 Å². The fourth-order valence-electron chi connectivity index (χ4n) is 1.37. The highest BCUT2D eigenvalue weighted by Crippen LogP contribution is 2.12. The molecule has 96 valence electrons. The summed E-state index contributed by atoms with van der Waals surface area (Å²) in [5, 5.41) is 13.5. The van der Waals surface area contributed by atoms with Gasteiger partial charge in [0.2, 0.25) is 5.88 Å². The highest BCUT2D eigenvalue weighted by Gasteiger charge is 2.01. The number of rotatable bonds is 6. The number of nitrogens with zero attached hydrogens (tertiary/aromatic N) is 2. The second-order valence-electron chi connectivity index (χ2n) is 4.27. The van der Waals surface area contributed by atoms with Gasteiger partial charge in [-0.15, -0.1) is 16.4 Å². The molecule has 0 fully saturated rings. The Kier molecular flexibility index (Phi) is 4.66. The Labute approximate surface area is 111 Å². The number of thiophene rings is 1. The van der Waals surface area contributed by atoms with Crippen molar-refractivity contribution in [2.75, 3.05) is 0 Å². The summed E-state index contributed by atoms with van der Waals surface area (Å²) in [6.07, 6.45) is 0. The van der Waals surface area contributed by atoms with Gasteiger partial charge in [-0.1, -0.05) is 19.9 Å². The van der Waals surface area contributed by atoms with E-state index in [0.717, 1.165) is 12.2 Å². The molecule has 1 N–H and O–H groups in total. The molecule has 0 bridgehead atoms. The van der Waals surface area contributed by atoms with E-state index >= 15 is 0 Å². The molecule has 0 aliphatic heterocycles. The molecular formula is C13H17N3OS. The van der Waals surface area contributed by atoms with E-state index in [1.165, 1.54) is 4.88 Å². The average molecular weight is 263 g/mol. The van der Waals surface area contributed by atoms with Gasteiger partial charge in [-0.2, -0.15) is 5.10 Å². The Morgan fingerprint density at radius 1 is 1.28 bits per heavy atom. The lowest BCUT2D eigenvalue weighted by atomic mass is 10.3. The van der Waals surface area contributed by atoms with Crippen LogP contribution in [0.1, 0.15) is 24.4 Å². The summed E-state index contributed by atoms with van der Waals surface area (Å²) in [5.74, 6) is 0.566. The van der Waals surface area contributed by atoms with E-state index in [1.807, 2.05) is 29.6 Å². The number of aromatic nitrogens is 2. The largest absolute Gasteiger partial charge is 0.471 e. The van der Waals surface area contributed by atoms with E-state index in [-0.39, 0.29) is 0 Å². The zero-order chi connectivity index (χ0) is 12.8. The van der Waals surface area contributed by atoms with Crippen LogP contribution in [0.2, 0.25) is 0 Å². The van der Waals surface area contributed by atoms with Crippen LogP contribution in [0.25, 0.3) is 0 Å². The van der Waals surface area contributed by atoms with Crippen LogP contribution < -0.4 is 10.1 Å². The Balaban J connectivity index is 1.83. The zero-order valence-corrected chi connectivity index (χ0v) is 11.4. The Hall–Kier alpha value is -1.46. The Morgan fingerprint density at radius 3 is 2.78 bits per heavy atom. The molecule has 2 heterocycles. The summed E-state index contributed by atoms with van der Waals surface area (Å²) in [5.41, 5.74) is 0.923. The van der Waals surface area contributed by atoms with Gasteiger partial charge in [0.15, 0.2) is 0 Å². The molecule has 4 nitrogen and oxygen atoms in total. The molecule has 0 aromatic carbocycles. The van der Waals surface area contributed by atoms with E-state index in [0.29, 0.717) is 18.5 Å². The smallest absolute Gasteiger partial charge is 0.233 e. The maximum absolute atomic E-state index is 5.55. The van der Waals surface area contributed by atoms with Crippen LogP contribution in [-0.4, -0.2) is 16.2 Å². The Bertz CT molecular complexity index is 454. The molecule has 18 heavy (non-hydrogen) atoms. The number of nitrogens with one attached hydrogen (secondary N) is 1. The van der Waals surface area contributed by atoms with E-state index in [2.05, 4.69) is 29.4 Å². The third-order valence-electron chi connectivity index (χ3n) is 2.33. The second kappa shape index (κ2) is 6.47. The molecule has 0 unspecified atom stereocenters. The minimum atomic E-state index is 0.446. The van der Waals surface area contributed by atoms with Gasteiger partial charge in [0.25, 0.3) is 0 Å². The molecule has 0 aliphatic carbocycles. The summed E-state index contributed by atoms with van der Waals surface area (Å²) in [6, 6.07) is 8.29. The van der Waals surface area contributed by atoms with Gasteiger partial charge < -0.3 is 10.1 Å². The van der Waals surface area contributed by atoms with Gasteiger partial charge in [-0.3, -0.25) is 0 Å². The van der Waals surface area contributed by atoms with Gasteiger partial charge >= 0.3 is 0 Å². The van der Waals surface area contributed by atoms with E-state index in [9.17, 15) is 0 Å². The molecule has 2 rings (SSSR count). The van der Waals surface area contributed by atoms with Crippen LogP contribution in [0.5, 0.6) is 5.88 Å². The zero-order valence-electron chi connectivity index (χ0n) is 10.6. The first-order chi connectivity index (χ1) is 8.74. The fraction of sp³-hybridized carbons (Fsp3) is 0.385. The third-order valence-corrected chi connectivity index (χ3v) is 3.18. The lowest BCUT2D eigenvalue weighted by Gasteiger charge is -2.07. The van der Waals surface area contributed by atoms with E-state index in [1.54, 1.807) is 11.3 Å². The minimum absolute atomic E-state index is 0.446. The van der Waals surface area contributed by atoms with Crippen molar-refractivity contribution >= 4 is 11.3 Å². The second-order valence-corrected chi connectivity index (χ2v) is 5.30. The van der Waals surface area contributed by atoms with Crippen molar-refractivity contribution in [3.05, 3.63) is 40.2 Å². The number of ether oxygens (including phenoxy) is 1. The monoisotopic (exact) mass is 263 g/mol. The standard InChI is InChI=1S/C13H17N3OS/c1-10(2)14-8-11-5-6-13(16-15-11)17-9-12-4-3-7-18-12/h3-7,10,14H,8-9H2,1-2H3.